The smallest absolute Gasteiger partial charge is 0.349 e. The van der Waals surface area contributed by atoms with Gasteiger partial charge in [-0.25, -0.2) is 4.79 Å². The quantitative estimate of drug-likeness (QED) is 0.363. The fourth-order valence-electron chi connectivity index (χ4n) is 3.76. The standard InChI is InChI=1S/C27H27N3O3S/c1-18-9-11-22(12-10-18)23-13-14-34-26(23)27(32)33-17-25(31)28-15-24-19(2)29-30(20(24)3)16-21-7-5-4-6-8-21/h4-14H,15-17H2,1-3H3,(H,28,31). The van der Waals surface area contributed by atoms with E-state index in [0.29, 0.717) is 18.0 Å². The molecule has 0 spiro atoms. The van der Waals surface area contributed by atoms with Crippen LogP contribution in [0.25, 0.3) is 11.1 Å². The van der Waals surface area contributed by atoms with Crippen molar-refractivity contribution in [1.82, 2.24) is 15.1 Å². The van der Waals surface area contributed by atoms with E-state index in [1.807, 2.05) is 79.4 Å². The summed E-state index contributed by atoms with van der Waals surface area (Å²) in [5.41, 5.74) is 6.90. The van der Waals surface area contributed by atoms with E-state index in [1.165, 1.54) is 11.3 Å². The lowest BCUT2D eigenvalue weighted by atomic mass is 10.1. The number of rotatable bonds is 8. The Kier molecular flexibility index (Phi) is 7.23. The summed E-state index contributed by atoms with van der Waals surface area (Å²) in [6.07, 6.45) is 0. The molecule has 0 bridgehead atoms. The van der Waals surface area contributed by atoms with Crippen LogP contribution in [0.3, 0.4) is 0 Å². The Hall–Kier alpha value is -3.71. The fourth-order valence-corrected chi connectivity index (χ4v) is 4.57. The highest BCUT2D eigenvalue weighted by Crippen LogP contribution is 2.29. The van der Waals surface area contributed by atoms with Gasteiger partial charge in [0.05, 0.1) is 12.2 Å². The normalized spacial score (nSPS) is 10.8. The van der Waals surface area contributed by atoms with Crippen LogP contribution >= 0.6 is 11.3 Å². The zero-order chi connectivity index (χ0) is 24.1. The van der Waals surface area contributed by atoms with Crippen molar-refractivity contribution >= 4 is 23.2 Å². The van der Waals surface area contributed by atoms with E-state index >= 15 is 0 Å². The first-order valence-electron chi connectivity index (χ1n) is 11.1. The number of nitrogens with one attached hydrogen (secondary N) is 1. The zero-order valence-electron chi connectivity index (χ0n) is 19.5. The van der Waals surface area contributed by atoms with Crippen LogP contribution in [0.5, 0.6) is 0 Å². The van der Waals surface area contributed by atoms with Crippen molar-refractivity contribution in [3.05, 3.63) is 99.0 Å². The molecule has 0 aliphatic rings. The molecule has 0 saturated carbocycles. The van der Waals surface area contributed by atoms with Gasteiger partial charge in [0.15, 0.2) is 6.61 Å². The summed E-state index contributed by atoms with van der Waals surface area (Å²) in [4.78, 5) is 25.5. The average molecular weight is 474 g/mol. The number of ether oxygens (including phenoxy) is 1. The second kappa shape index (κ2) is 10.5. The van der Waals surface area contributed by atoms with Crippen LogP contribution in [0.4, 0.5) is 0 Å². The number of hydrogen-bond acceptors (Lipinski definition) is 5. The van der Waals surface area contributed by atoms with Crippen LogP contribution in [-0.4, -0.2) is 28.3 Å². The summed E-state index contributed by atoms with van der Waals surface area (Å²) in [6.45, 7) is 6.61. The summed E-state index contributed by atoms with van der Waals surface area (Å²) in [6, 6.07) is 20.0. The first-order valence-corrected chi connectivity index (χ1v) is 12.0. The number of aromatic nitrogens is 2. The Morgan fingerprint density at radius 2 is 1.74 bits per heavy atom. The fraction of sp³-hybridized carbons (Fsp3) is 0.222. The Balaban J connectivity index is 1.33. The molecule has 1 N–H and O–H groups in total. The third-order valence-corrected chi connectivity index (χ3v) is 6.61. The van der Waals surface area contributed by atoms with Gasteiger partial charge < -0.3 is 10.1 Å². The summed E-state index contributed by atoms with van der Waals surface area (Å²) in [7, 11) is 0. The number of benzene rings is 2. The minimum Gasteiger partial charge on any atom is -0.451 e. The first-order chi connectivity index (χ1) is 16.4. The van der Waals surface area contributed by atoms with Gasteiger partial charge in [-0.05, 0) is 43.3 Å². The van der Waals surface area contributed by atoms with E-state index < -0.39 is 5.97 Å². The van der Waals surface area contributed by atoms with Gasteiger partial charge in [-0.2, -0.15) is 5.10 Å². The highest BCUT2D eigenvalue weighted by atomic mass is 32.1. The van der Waals surface area contributed by atoms with Crippen molar-refractivity contribution in [2.75, 3.05) is 6.61 Å². The third kappa shape index (κ3) is 5.43. The Morgan fingerprint density at radius 3 is 2.47 bits per heavy atom. The minimum atomic E-state index is -0.497. The molecule has 0 aliphatic carbocycles. The molecular weight excluding hydrogens is 446 g/mol. The number of amides is 1. The monoisotopic (exact) mass is 473 g/mol. The topological polar surface area (TPSA) is 73.2 Å². The van der Waals surface area contributed by atoms with Crippen LogP contribution in [0, 0.1) is 20.8 Å². The highest BCUT2D eigenvalue weighted by molar-refractivity contribution is 7.12. The molecule has 0 unspecified atom stereocenters. The van der Waals surface area contributed by atoms with E-state index in [-0.39, 0.29) is 12.5 Å². The van der Waals surface area contributed by atoms with Crippen LogP contribution in [0.1, 0.15) is 37.7 Å². The number of esters is 1. The molecule has 34 heavy (non-hydrogen) atoms. The van der Waals surface area contributed by atoms with Crippen molar-refractivity contribution in [3.63, 3.8) is 0 Å². The van der Waals surface area contributed by atoms with Gasteiger partial charge in [0.2, 0.25) is 0 Å². The van der Waals surface area contributed by atoms with E-state index in [4.69, 9.17) is 4.74 Å². The van der Waals surface area contributed by atoms with Gasteiger partial charge in [-0.15, -0.1) is 11.3 Å². The molecule has 0 saturated heterocycles. The number of aryl methyl sites for hydroxylation is 2. The predicted octanol–water partition coefficient (Wildman–Crippen LogP) is 5.06. The Labute approximate surface area is 203 Å². The van der Waals surface area contributed by atoms with E-state index in [9.17, 15) is 9.59 Å². The molecule has 1 amide bonds. The number of thiophene rings is 1. The maximum atomic E-state index is 12.6. The summed E-state index contributed by atoms with van der Waals surface area (Å²) < 4.78 is 7.25. The average Bonchev–Trinajstić information content (AvgIpc) is 3.42. The molecule has 7 heteroatoms. The predicted molar refractivity (Wildman–Crippen MR) is 134 cm³/mol. The SMILES string of the molecule is Cc1ccc(-c2ccsc2C(=O)OCC(=O)NCc2c(C)nn(Cc3ccccc3)c2C)cc1. The van der Waals surface area contributed by atoms with Crippen molar-refractivity contribution in [1.29, 1.82) is 0 Å². The zero-order valence-corrected chi connectivity index (χ0v) is 20.3. The number of nitrogens with zero attached hydrogens (tertiary/aromatic N) is 2. The van der Waals surface area contributed by atoms with Gasteiger partial charge in [0.25, 0.3) is 5.91 Å². The van der Waals surface area contributed by atoms with Gasteiger partial charge in [-0.1, -0.05) is 60.2 Å². The van der Waals surface area contributed by atoms with Crippen LogP contribution in [-0.2, 0) is 22.6 Å². The number of hydrogen-bond donors (Lipinski definition) is 1. The maximum absolute atomic E-state index is 12.6. The minimum absolute atomic E-state index is 0.330. The van der Waals surface area contributed by atoms with Crippen LogP contribution < -0.4 is 5.32 Å². The summed E-state index contributed by atoms with van der Waals surface area (Å²) in [5.74, 6) is -0.847. The van der Waals surface area contributed by atoms with Crippen molar-refractivity contribution < 1.29 is 14.3 Å². The van der Waals surface area contributed by atoms with Crippen LogP contribution in [0.15, 0.2) is 66.0 Å². The first kappa shape index (κ1) is 23.4. The van der Waals surface area contributed by atoms with E-state index in [1.54, 1.807) is 0 Å². The van der Waals surface area contributed by atoms with Gasteiger partial charge in [0, 0.05) is 23.4 Å². The number of carbonyl (C=O) groups excluding carboxylic acids is 2. The molecule has 0 radical (unpaired) electrons. The summed E-state index contributed by atoms with van der Waals surface area (Å²) in [5, 5.41) is 9.31. The van der Waals surface area contributed by atoms with E-state index in [2.05, 4.69) is 22.5 Å². The molecule has 4 rings (SSSR count). The molecule has 0 aliphatic heterocycles. The molecule has 2 heterocycles. The molecule has 174 valence electrons. The Bertz CT molecular complexity index is 1290. The molecule has 0 atom stereocenters. The molecule has 2 aromatic carbocycles. The van der Waals surface area contributed by atoms with Gasteiger partial charge in [-0.3, -0.25) is 9.48 Å². The Morgan fingerprint density at radius 1 is 1.00 bits per heavy atom. The maximum Gasteiger partial charge on any atom is 0.349 e. The highest BCUT2D eigenvalue weighted by Gasteiger charge is 2.18. The van der Waals surface area contributed by atoms with Crippen molar-refractivity contribution in [3.8, 4) is 11.1 Å². The number of carbonyl (C=O) groups is 2. The molecule has 4 aromatic rings. The molecule has 0 fully saturated rings. The second-order valence-corrected chi connectivity index (χ2v) is 9.09. The van der Waals surface area contributed by atoms with Crippen molar-refractivity contribution in [2.45, 2.75) is 33.9 Å². The third-order valence-electron chi connectivity index (χ3n) is 5.72. The lowest BCUT2D eigenvalue weighted by Crippen LogP contribution is -2.28. The summed E-state index contributed by atoms with van der Waals surface area (Å²) >= 11 is 1.31. The van der Waals surface area contributed by atoms with Crippen LogP contribution in [0.2, 0.25) is 0 Å². The molecule has 6 nitrogen and oxygen atoms in total. The van der Waals surface area contributed by atoms with Crippen molar-refractivity contribution in [2.24, 2.45) is 0 Å². The van der Waals surface area contributed by atoms with Gasteiger partial charge in [0.1, 0.15) is 4.88 Å². The molecule has 2 aromatic heterocycles. The lowest BCUT2D eigenvalue weighted by molar-refractivity contribution is -0.124. The molecular formula is C27H27N3O3S. The van der Waals surface area contributed by atoms with Gasteiger partial charge >= 0.3 is 5.97 Å². The second-order valence-electron chi connectivity index (χ2n) is 8.17. The van der Waals surface area contributed by atoms with E-state index in [0.717, 1.165) is 39.2 Å². The lowest BCUT2D eigenvalue weighted by Gasteiger charge is -2.09. The largest absolute Gasteiger partial charge is 0.451 e.